The number of hydrogen-bond acceptors (Lipinski definition) is 3. The first-order valence-corrected chi connectivity index (χ1v) is 7.47. The molecule has 0 atom stereocenters. The Labute approximate surface area is 124 Å². The van der Waals surface area contributed by atoms with Crippen LogP contribution in [0.3, 0.4) is 0 Å². The number of nitrogens with zero attached hydrogens (tertiary/aromatic N) is 2. The summed E-state index contributed by atoms with van der Waals surface area (Å²) in [6.07, 6.45) is 3.35. The molecule has 0 saturated heterocycles. The van der Waals surface area contributed by atoms with E-state index in [-0.39, 0.29) is 5.78 Å². The summed E-state index contributed by atoms with van der Waals surface area (Å²) in [6.45, 7) is 2.77. The predicted molar refractivity (Wildman–Crippen MR) is 81.0 cm³/mol. The molecule has 0 spiro atoms. The van der Waals surface area contributed by atoms with Crippen molar-refractivity contribution in [1.29, 1.82) is 0 Å². The number of carbonyl (C=O) groups is 1. The van der Waals surface area contributed by atoms with Crippen molar-refractivity contribution in [2.45, 2.75) is 39.2 Å². The van der Waals surface area contributed by atoms with Crippen LogP contribution >= 0.6 is 0 Å². The van der Waals surface area contributed by atoms with Crippen molar-refractivity contribution < 1.29 is 9.53 Å². The molecule has 0 N–H and O–H groups in total. The third kappa shape index (κ3) is 2.58. The van der Waals surface area contributed by atoms with E-state index >= 15 is 0 Å². The maximum absolute atomic E-state index is 12.1. The molecular formula is C17H20N2O2. The van der Waals surface area contributed by atoms with Gasteiger partial charge in [-0.05, 0) is 37.0 Å². The largest absolute Gasteiger partial charge is 0.497 e. The molecule has 0 amide bonds. The zero-order valence-corrected chi connectivity index (χ0v) is 12.6. The van der Waals surface area contributed by atoms with E-state index in [4.69, 9.17) is 4.74 Å². The minimum atomic E-state index is 0.258. The topological polar surface area (TPSA) is 44.1 Å². The van der Waals surface area contributed by atoms with Gasteiger partial charge in [0.2, 0.25) is 0 Å². The van der Waals surface area contributed by atoms with Crippen molar-refractivity contribution in [2.24, 2.45) is 0 Å². The molecule has 0 radical (unpaired) electrons. The Balaban J connectivity index is 1.93. The van der Waals surface area contributed by atoms with Gasteiger partial charge >= 0.3 is 0 Å². The number of Topliss-reactive ketones (excluding diaryl/α,β-unsaturated/α-hetero) is 1. The van der Waals surface area contributed by atoms with Crippen LogP contribution in [-0.2, 0) is 19.4 Å². The smallest absolute Gasteiger partial charge is 0.166 e. The van der Waals surface area contributed by atoms with Gasteiger partial charge in [0, 0.05) is 12.1 Å². The van der Waals surface area contributed by atoms with Crippen molar-refractivity contribution in [3.05, 3.63) is 46.8 Å². The minimum Gasteiger partial charge on any atom is -0.497 e. The van der Waals surface area contributed by atoms with Crippen LogP contribution in [0.4, 0.5) is 0 Å². The lowest BCUT2D eigenvalue weighted by molar-refractivity contribution is 0.0971. The summed E-state index contributed by atoms with van der Waals surface area (Å²) in [7, 11) is 1.66. The predicted octanol–water partition coefficient (Wildman–Crippen LogP) is 3.02. The second-order valence-corrected chi connectivity index (χ2v) is 5.40. The van der Waals surface area contributed by atoms with Crippen molar-refractivity contribution >= 4 is 5.78 Å². The molecule has 3 rings (SSSR count). The van der Waals surface area contributed by atoms with Crippen LogP contribution in [0.5, 0.6) is 5.75 Å². The van der Waals surface area contributed by atoms with Gasteiger partial charge in [0.05, 0.1) is 24.9 Å². The maximum atomic E-state index is 12.1. The first-order valence-electron chi connectivity index (χ1n) is 7.47. The third-order valence-electron chi connectivity index (χ3n) is 4.05. The lowest BCUT2D eigenvalue weighted by Crippen LogP contribution is -2.14. The SMILES string of the molecule is CCc1nn(Cc2ccc(OC)cc2)c2c1C(=O)CCC2. The number of ketones is 1. The van der Waals surface area contributed by atoms with Gasteiger partial charge in [-0.2, -0.15) is 5.10 Å². The van der Waals surface area contributed by atoms with Crippen LogP contribution in [0.2, 0.25) is 0 Å². The number of ether oxygens (including phenoxy) is 1. The highest BCUT2D eigenvalue weighted by atomic mass is 16.5. The number of aryl methyl sites for hydroxylation is 1. The Morgan fingerprint density at radius 3 is 2.67 bits per heavy atom. The second kappa shape index (κ2) is 5.72. The highest BCUT2D eigenvalue weighted by Crippen LogP contribution is 2.25. The van der Waals surface area contributed by atoms with Gasteiger partial charge in [-0.1, -0.05) is 19.1 Å². The van der Waals surface area contributed by atoms with Gasteiger partial charge in [-0.3, -0.25) is 9.48 Å². The highest BCUT2D eigenvalue weighted by molar-refractivity contribution is 5.99. The molecule has 0 saturated carbocycles. The normalized spacial score (nSPS) is 14.1. The van der Waals surface area contributed by atoms with E-state index in [9.17, 15) is 4.79 Å². The van der Waals surface area contributed by atoms with E-state index in [2.05, 4.69) is 12.0 Å². The summed E-state index contributed by atoms with van der Waals surface area (Å²) in [4.78, 5) is 12.1. The number of aromatic nitrogens is 2. The zero-order valence-electron chi connectivity index (χ0n) is 12.6. The minimum absolute atomic E-state index is 0.258. The van der Waals surface area contributed by atoms with E-state index in [1.807, 2.05) is 28.9 Å². The monoisotopic (exact) mass is 284 g/mol. The Morgan fingerprint density at radius 1 is 1.24 bits per heavy atom. The Hall–Kier alpha value is -2.10. The Bertz CT molecular complexity index is 656. The van der Waals surface area contributed by atoms with Crippen molar-refractivity contribution in [2.75, 3.05) is 7.11 Å². The molecule has 0 unspecified atom stereocenters. The number of rotatable bonds is 4. The Morgan fingerprint density at radius 2 is 2.00 bits per heavy atom. The molecule has 4 heteroatoms. The van der Waals surface area contributed by atoms with Gasteiger partial charge in [0.25, 0.3) is 0 Å². The van der Waals surface area contributed by atoms with E-state index < -0.39 is 0 Å². The molecule has 1 aromatic heterocycles. The van der Waals surface area contributed by atoms with Crippen LogP contribution in [-0.4, -0.2) is 22.7 Å². The number of benzene rings is 1. The number of hydrogen-bond donors (Lipinski definition) is 0. The van der Waals surface area contributed by atoms with Gasteiger partial charge in [-0.15, -0.1) is 0 Å². The van der Waals surface area contributed by atoms with Crippen LogP contribution in [0.15, 0.2) is 24.3 Å². The van der Waals surface area contributed by atoms with Crippen LogP contribution in [0.1, 0.15) is 47.1 Å². The molecule has 1 aliphatic carbocycles. The molecular weight excluding hydrogens is 264 g/mol. The van der Waals surface area contributed by atoms with Gasteiger partial charge < -0.3 is 4.74 Å². The van der Waals surface area contributed by atoms with Gasteiger partial charge in [0.1, 0.15) is 5.75 Å². The lowest BCUT2D eigenvalue weighted by Gasteiger charge is -2.13. The molecule has 0 fully saturated rings. The highest BCUT2D eigenvalue weighted by Gasteiger charge is 2.25. The number of fused-ring (bicyclic) bond motifs is 1. The summed E-state index contributed by atoms with van der Waals surface area (Å²) >= 11 is 0. The summed E-state index contributed by atoms with van der Waals surface area (Å²) in [5.74, 6) is 1.11. The fraction of sp³-hybridized carbons (Fsp3) is 0.412. The zero-order chi connectivity index (χ0) is 14.8. The van der Waals surface area contributed by atoms with Crippen molar-refractivity contribution in [3.8, 4) is 5.75 Å². The van der Waals surface area contributed by atoms with E-state index in [1.165, 1.54) is 5.56 Å². The molecule has 2 aromatic rings. The van der Waals surface area contributed by atoms with Crippen molar-refractivity contribution in [3.63, 3.8) is 0 Å². The van der Waals surface area contributed by atoms with Crippen LogP contribution < -0.4 is 4.74 Å². The van der Waals surface area contributed by atoms with Crippen LogP contribution in [0.25, 0.3) is 0 Å². The molecule has 1 heterocycles. The maximum Gasteiger partial charge on any atom is 0.166 e. The van der Waals surface area contributed by atoms with Gasteiger partial charge in [-0.25, -0.2) is 0 Å². The second-order valence-electron chi connectivity index (χ2n) is 5.40. The quantitative estimate of drug-likeness (QED) is 0.867. The average molecular weight is 284 g/mol. The number of methoxy groups -OCH3 is 1. The molecule has 1 aliphatic rings. The lowest BCUT2D eigenvalue weighted by atomic mass is 9.94. The molecule has 1 aromatic carbocycles. The molecule has 0 bridgehead atoms. The molecule has 21 heavy (non-hydrogen) atoms. The first-order chi connectivity index (χ1) is 10.2. The summed E-state index contributed by atoms with van der Waals surface area (Å²) < 4.78 is 7.19. The van der Waals surface area contributed by atoms with Gasteiger partial charge in [0.15, 0.2) is 5.78 Å². The standard InChI is InChI=1S/C17H20N2O2/c1-3-14-17-15(5-4-6-16(17)20)19(18-14)11-12-7-9-13(21-2)10-8-12/h7-10H,3-6,11H2,1-2H3. The van der Waals surface area contributed by atoms with Crippen molar-refractivity contribution in [1.82, 2.24) is 9.78 Å². The summed E-state index contributed by atoms with van der Waals surface area (Å²) in [5.41, 5.74) is 4.11. The third-order valence-corrected chi connectivity index (χ3v) is 4.05. The molecule has 110 valence electrons. The fourth-order valence-corrected chi connectivity index (χ4v) is 2.95. The fourth-order valence-electron chi connectivity index (χ4n) is 2.95. The average Bonchev–Trinajstić information content (AvgIpc) is 2.87. The van der Waals surface area contributed by atoms with E-state index in [1.54, 1.807) is 7.11 Å². The first kappa shape index (κ1) is 13.9. The number of carbonyl (C=O) groups excluding carboxylic acids is 1. The van der Waals surface area contributed by atoms with E-state index in [0.29, 0.717) is 13.0 Å². The molecule has 0 aliphatic heterocycles. The summed E-state index contributed by atoms with van der Waals surface area (Å²) in [6, 6.07) is 8.00. The van der Waals surface area contributed by atoms with Crippen LogP contribution in [0, 0.1) is 0 Å². The Kier molecular flexibility index (Phi) is 3.78. The molecule has 4 nitrogen and oxygen atoms in total. The summed E-state index contributed by atoms with van der Waals surface area (Å²) in [5, 5.41) is 4.66. The van der Waals surface area contributed by atoms with E-state index in [0.717, 1.165) is 42.0 Å².